The van der Waals surface area contributed by atoms with Gasteiger partial charge in [-0.1, -0.05) is 19.1 Å². The van der Waals surface area contributed by atoms with Gasteiger partial charge in [-0.25, -0.2) is 0 Å². The molecule has 2 heterocycles. The lowest BCUT2D eigenvalue weighted by Gasteiger charge is -2.50. The molecule has 0 bridgehead atoms. The van der Waals surface area contributed by atoms with Gasteiger partial charge in [-0.2, -0.15) is 0 Å². The van der Waals surface area contributed by atoms with E-state index in [0.717, 1.165) is 32.5 Å². The molecule has 0 spiro atoms. The van der Waals surface area contributed by atoms with Crippen LogP contribution in [-0.4, -0.2) is 43.9 Å². The van der Waals surface area contributed by atoms with Gasteiger partial charge in [-0.3, -0.25) is 4.79 Å². The van der Waals surface area contributed by atoms with Crippen molar-refractivity contribution >= 4 is 5.97 Å². The molecule has 25 heavy (non-hydrogen) atoms. The van der Waals surface area contributed by atoms with Crippen LogP contribution >= 0.6 is 0 Å². The van der Waals surface area contributed by atoms with E-state index in [-0.39, 0.29) is 30.2 Å². The van der Waals surface area contributed by atoms with Gasteiger partial charge in [0, 0.05) is 5.92 Å². The van der Waals surface area contributed by atoms with Gasteiger partial charge in [0.1, 0.15) is 37.3 Å². The minimum atomic E-state index is 0.0576. The molecule has 1 N–H and O–H groups in total. The normalized spacial score (nSPS) is 50.1. The lowest BCUT2D eigenvalue weighted by atomic mass is 9.55. The van der Waals surface area contributed by atoms with Gasteiger partial charge in [-0.15, -0.1) is 0 Å². The molecule has 0 radical (unpaired) electrons. The van der Waals surface area contributed by atoms with Crippen molar-refractivity contribution in [2.24, 2.45) is 23.2 Å². The number of hydrogen-bond donors (Lipinski definition) is 1. The lowest BCUT2D eigenvalue weighted by molar-refractivity contribution is -0.917. The highest BCUT2D eigenvalue weighted by Crippen LogP contribution is 2.56. The summed E-state index contributed by atoms with van der Waals surface area (Å²) >= 11 is 0. The van der Waals surface area contributed by atoms with Crippen LogP contribution in [0.3, 0.4) is 0 Å². The Morgan fingerprint density at radius 1 is 1.28 bits per heavy atom. The maximum Gasteiger partial charge on any atom is 0.315 e. The number of quaternary nitrogens is 1. The van der Waals surface area contributed by atoms with Crippen LogP contribution in [-0.2, 0) is 14.3 Å². The Morgan fingerprint density at radius 2 is 2.00 bits per heavy atom. The molecule has 4 aliphatic rings. The van der Waals surface area contributed by atoms with E-state index in [1.165, 1.54) is 29.7 Å². The average Bonchev–Trinajstić information content (AvgIpc) is 2.79. The van der Waals surface area contributed by atoms with Crippen LogP contribution in [0.4, 0.5) is 0 Å². The standard InChI is InChI=1S/C21H33NO3/c1-13-6-5-7-21(4)9-19-16(8-18(13)21)17(20(23)25-19)12-22-10-14(2)24-15(3)11-22/h14-19H,1,5-12H2,2-4H3/p+1/t14-,15+,16-,17+,18-,19+,21+/m1/s1. The number of rotatable bonds is 2. The summed E-state index contributed by atoms with van der Waals surface area (Å²) in [5, 5.41) is 0. The number of morpholine rings is 1. The monoisotopic (exact) mass is 348 g/mol. The first kappa shape index (κ1) is 17.5. The number of allylic oxidation sites excluding steroid dienone is 1. The SMILES string of the molecule is C=C1CCC[C@@]2(C)C[C@@H]3OC(=O)[C@@H](C[NH+]4C[C@@H](C)O[C@@H](C)C4)[C@H]3C[C@H]12. The summed E-state index contributed by atoms with van der Waals surface area (Å²) in [6, 6.07) is 0. The molecule has 0 aromatic heterocycles. The number of esters is 1. The summed E-state index contributed by atoms with van der Waals surface area (Å²) in [6.45, 7) is 14.0. The zero-order chi connectivity index (χ0) is 17.8. The molecule has 140 valence electrons. The van der Waals surface area contributed by atoms with Gasteiger partial charge in [0.05, 0.1) is 6.54 Å². The quantitative estimate of drug-likeness (QED) is 0.613. The van der Waals surface area contributed by atoms with Gasteiger partial charge in [0.25, 0.3) is 0 Å². The highest BCUT2D eigenvalue weighted by Gasteiger charge is 2.56. The van der Waals surface area contributed by atoms with Gasteiger partial charge in [0.15, 0.2) is 0 Å². The van der Waals surface area contributed by atoms with Crippen LogP contribution < -0.4 is 4.90 Å². The largest absolute Gasteiger partial charge is 0.462 e. The topological polar surface area (TPSA) is 40.0 Å². The fourth-order valence-electron chi connectivity index (χ4n) is 6.36. The summed E-state index contributed by atoms with van der Waals surface area (Å²) in [6.07, 6.45) is 6.50. The molecule has 8 atom stereocenters. The predicted molar refractivity (Wildman–Crippen MR) is 96.3 cm³/mol. The summed E-state index contributed by atoms with van der Waals surface area (Å²) in [5.41, 5.74) is 1.71. The Hall–Kier alpha value is -0.870. The van der Waals surface area contributed by atoms with Crippen molar-refractivity contribution in [2.45, 2.75) is 71.2 Å². The Kier molecular flexibility index (Phi) is 4.48. The van der Waals surface area contributed by atoms with E-state index in [1.807, 2.05) is 0 Å². The minimum Gasteiger partial charge on any atom is -0.462 e. The highest BCUT2D eigenvalue weighted by molar-refractivity contribution is 5.75. The molecular formula is C21H34NO3+. The molecule has 4 rings (SSSR count). The smallest absolute Gasteiger partial charge is 0.315 e. The first-order valence-corrected chi connectivity index (χ1v) is 10.2. The highest BCUT2D eigenvalue weighted by atomic mass is 16.6. The van der Waals surface area contributed by atoms with E-state index in [2.05, 4.69) is 27.4 Å². The molecule has 4 fully saturated rings. The number of fused-ring (bicyclic) bond motifs is 2. The number of nitrogens with one attached hydrogen (secondary N) is 1. The maximum absolute atomic E-state index is 12.7. The number of carbonyl (C=O) groups excluding carboxylic acids is 1. The zero-order valence-corrected chi connectivity index (χ0v) is 16.1. The van der Waals surface area contributed by atoms with Crippen LogP contribution in [0.25, 0.3) is 0 Å². The number of ether oxygens (including phenoxy) is 2. The van der Waals surface area contributed by atoms with Crippen LogP contribution in [0.2, 0.25) is 0 Å². The molecule has 1 unspecified atom stereocenters. The summed E-state index contributed by atoms with van der Waals surface area (Å²) < 4.78 is 11.8. The molecule has 4 heteroatoms. The van der Waals surface area contributed by atoms with E-state index < -0.39 is 0 Å². The molecule has 2 aliphatic carbocycles. The van der Waals surface area contributed by atoms with E-state index in [0.29, 0.717) is 17.3 Å². The third-order valence-electron chi connectivity index (χ3n) is 7.45. The second kappa shape index (κ2) is 6.38. The molecule has 2 aliphatic heterocycles. The summed E-state index contributed by atoms with van der Waals surface area (Å²) in [5.74, 6) is 1.09. The van der Waals surface area contributed by atoms with Crippen LogP contribution in [0.15, 0.2) is 12.2 Å². The Labute approximate surface area is 151 Å². The van der Waals surface area contributed by atoms with E-state index in [1.54, 1.807) is 0 Å². The van der Waals surface area contributed by atoms with Gasteiger partial charge in [0.2, 0.25) is 0 Å². The van der Waals surface area contributed by atoms with Crippen molar-refractivity contribution in [3.63, 3.8) is 0 Å². The fourth-order valence-corrected chi connectivity index (χ4v) is 6.36. The Bertz CT molecular complexity index is 551. The molecule has 0 aromatic rings. The van der Waals surface area contributed by atoms with Crippen LogP contribution in [0.1, 0.15) is 52.9 Å². The molecule has 0 aromatic carbocycles. The second-order valence-corrected chi connectivity index (χ2v) is 9.52. The lowest BCUT2D eigenvalue weighted by Crippen LogP contribution is -3.16. The Morgan fingerprint density at radius 3 is 2.72 bits per heavy atom. The third-order valence-corrected chi connectivity index (χ3v) is 7.45. The molecule has 0 amide bonds. The van der Waals surface area contributed by atoms with Crippen molar-refractivity contribution in [2.75, 3.05) is 19.6 Å². The predicted octanol–water partition coefficient (Wildman–Crippen LogP) is 1.99. The van der Waals surface area contributed by atoms with E-state index in [9.17, 15) is 4.79 Å². The van der Waals surface area contributed by atoms with Gasteiger partial charge < -0.3 is 14.4 Å². The van der Waals surface area contributed by atoms with E-state index >= 15 is 0 Å². The van der Waals surface area contributed by atoms with Crippen LogP contribution in [0.5, 0.6) is 0 Å². The fraction of sp³-hybridized carbons (Fsp3) is 0.857. The minimum absolute atomic E-state index is 0.0576. The van der Waals surface area contributed by atoms with Crippen molar-refractivity contribution in [3.05, 3.63) is 12.2 Å². The zero-order valence-electron chi connectivity index (χ0n) is 16.1. The van der Waals surface area contributed by atoms with Gasteiger partial charge >= 0.3 is 5.97 Å². The number of hydrogen-bond acceptors (Lipinski definition) is 3. The first-order chi connectivity index (χ1) is 11.9. The summed E-state index contributed by atoms with van der Waals surface area (Å²) in [7, 11) is 0. The Balaban J connectivity index is 1.49. The molecular weight excluding hydrogens is 314 g/mol. The summed E-state index contributed by atoms with van der Waals surface area (Å²) in [4.78, 5) is 14.2. The molecule has 2 saturated carbocycles. The van der Waals surface area contributed by atoms with Gasteiger partial charge in [-0.05, 0) is 57.3 Å². The maximum atomic E-state index is 12.7. The number of carbonyl (C=O) groups is 1. The van der Waals surface area contributed by atoms with Crippen molar-refractivity contribution in [1.82, 2.24) is 0 Å². The molecule has 4 nitrogen and oxygen atoms in total. The third kappa shape index (κ3) is 3.16. The second-order valence-electron chi connectivity index (χ2n) is 9.52. The van der Waals surface area contributed by atoms with Crippen molar-refractivity contribution < 1.29 is 19.2 Å². The van der Waals surface area contributed by atoms with Crippen LogP contribution in [0, 0.1) is 23.2 Å². The van der Waals surface area contributed by atoms with Crippen molar-refractivity contribution in [1.29, 1.82) is 0 Å². The molecule has 2 saturated heterocycles. The average molecular weight is 349 g/mol. The van der Waals surface area contributed by atoms with Crippen molar-refractivity contribution in [3.8, 4) is 0 Å². The van der Waals surface area contributed by atoms with E-state index in [4.69, 9.17) is 9.47 Å². The first-order valence-electron chi connectivity index (χ1n) is 10.2.